The van der Waals surface area contributed by atoms with Gasteiger partial charge in [0.2, 0.25) is 0 Å². The third-order valence-electron chi connectivity index (χ3n) is 2.21. The van der Waals surface area contributed by atoms with E-state index >= 15 is 0 Å². The van der Waals surface area contributed by atoms with E-state index in [-0.39, 0.29) is 0 Å². The molecule has 0 radical (unpaired) electrons. The predicted molar refractivity (Wildman–Crippen MR) is 76.5 cm³/mol. The first-order chi connectivity index (χ1) is 8.40. The lowest BCUT2D eigenvalue weighted by atomic mass is 10.2. The van der Waals surface area contributed by atoms with Crippen LogP contribution in [0.1, 0.15) is 27.7 Å². The highest BCUT2D eigenvalue weighted by atomic mass is 35.5. The molecule has 18 heavy (non-hydrogen) atoms. The van der Waals surface area contributed by atoms with Crippen molar-refractivity contribution < 1.29 is 9.47 Å². The Morgan fingerprint density at radius 3 is 2.00 bits per heavy atom. The van der Waals surface area contributed by atoms with Crippen LogP contribution >= 0.6 is 11.6 Å². The van der Waals surface area contributed by atoms with E-state index < -0.39 is 0 Å². The zero-order chi connectivity index (χ0) is 13.7. The number of rotatable bonds is 6. The molecule has 0 aliphatic carbocycles. The largest absolute Gasteiger partial charge is 0.492 e. The molecule has 4 heteroatoms. The fourth-order valence-electron chi connectivity index (χ4n) is 1.30. The summed E-state index contributed by atoms with van der Waals surface area (Å²) in [6.07, 6.45) is 0. The molecule has 0 heterocycles. The maximum Gasteiger partial charge on any atom is 0.143 e. The first-order valence-corrected chi connectivity index (χ1v) is 6.62. The molecule has 1 rings (SSSR count). The van der Waals surface area contributed by atoms with Gasteiger partial charge in [0.25, 0.3) is 0 Å². The molecule has 0 unspecified atom stereocenters. The molecule has 0 fully saturated rings. The quantitative estimate of drug-likeness (QED) is 0.796. The SMILES string of the molecule is CC(C)COc1cc(Cl)c(OCC(C)C)cc1N. The lowest BCUT2D eigenvalue weighted by Gasteiger charge is -2.15. The van der Waals surface area contributed by atoms with Crippen molar-refractivity contribution in [3.63, 3.8) is 0 Å². The molecule has 0 atom stereocenters. The van der Waals surface area contributed by atoms with Gasteiger partial charge < -0.3 is 15.2 Å². The Hall–Kier alpha value is -1.09. The number of ether oxygens (including phenoxy) is 2. The standard InChI is InChI=1S/C14H22ClNO2/c1-9(2)7-17-13-6-12(16)14(5-11(13)15)18-8-10(3)4/h5-6,9-10H,7-8,16H2,1-4H3. The van der Waals surface area contributed by atoms with E-state index in [2.05, 4.69) is 27.7 Å². The van der Waals surface area contributed by atoms with Crippen LogP contribution in [0.2, 0.25) is 5.02 Å². The molecule has 0 bridgehead atoms. The van der Waals surface area contributed by atoms with Gasteiger partial charge in [-0.2, -0.15) is 0 Å². The molecule has 1 aromatic rings. The molecule has 0 aromatic heterocycles. The molecule has 3 nitrogen and oxygen atoms in total. The number of hydrogen-bond donors (Lipinski definition) is 1. The zero-order valence-electron chi connectivity index (χ0n) is 11.5. The Morgan fingerprint density at radius 1 is 1.00 bits per heavy atom. The van der Waals surface area contributed by atoms with Gasteiger partial charge in [-0.3, -0.25) is 0 Å². The summed E-state index contributed by atoms with van der Waals surface area (Å²) in [5.74, 6) is 2.12. The van der Waals surface area contributed by atoms with Crippen LogP contribution in [0.5, 0.6) is 11.5 Å². The molecule has 0 aliphatic heterocycles. The molecule has 0 spiro atoms. The van der Waals surface area contributed by atoms with E-state index in [1.165, 1.54) is 0 Å². The Balaban J connectivity index is 2.76. The van der Waals surface area contributed by atoms with Gasteiger partial charge in [-0.1, -0.05) is 39.3 Å². The maximum atomic E-state index is 6.14. The fraction of sp³-hybridized carbons (Fsp3) is 0.571. The average molecular weight is 272 g/mol. The number of hydrogen-bond acceptors (Lipinski definition) is 3. The third-order valence-corrected chi connectivity index (χ3v) is 2.50. The summed E-state index contributed by atoms with van der Waals surface area (Å²) in [5.41, 5.74) is 6.47. The smallest absolute Gasteiger partial charge is 0.143 e. The van der Waals surface area contributed by atoms with Gasteiger partial charge in [-0.15, -0.1) is 0 Å². The molecule has 0 amide bonds. The number of nitrogens with two attached hydrogens (primary N) is 1. The zero-order valence-corrected chi connectivity index (χ0v) is 12.3. The van der Waals surface area contributed by atoms with E-state index in [1.54, 1.807) is 12.1 Å². The molecule has 2 N–H and O–H groups in total. The van der Waals surface area contributed by atoms with Crippen LogP contribution in [0.25, 0.3) is 0 Å². The molecule has 0 aliphatic rings. The highest BCUT2D eigenvalue weighted by molar-refractivity contribution is 6.32. The summed E-state index contributed by atoms with van der Waals surface area (Å²) in [6.45, 7) is 9.56. The summed E-state index contributed by atoms with van der Waals surface area (Å²) in [5, 5.41) is 0.531. The second kappa shape index (κ2) is 6.74. The highest BCUT2D eigenvalue weighted by Crippen LogP contribution is 2.34. The Labute approximate surface area is 114 Å². The molecular weight excluding hydrogens is 250 g/mol. The number of anilines is 1. The van der Waals surface area contributed by atoms with Crippen LogP contribution in [0.4, 0.5) is 5.69 Å². The maximum absolute atomic E-state index is 6.14. The number of benzene rings is 1. The number of halogens is 1. The highest BCUT2D eigenvalue weighted by Gasteiger charge is 2.10. The van der Waals surface area contributed by atoms with Gasteiger partial charge >= 0.3 is 0 Å². The third kappa shape index (κ3) is 4.65. The minimum absolute atomic E-state index is 0.444. The molecule has 1 aromatic carbocycles. The van der Waals surface area contributed by atoms with Crippen LogP contribution in [-0.4, -0.2) is 13.2 Å². The summed E-state index contributed by atoms with van der Waals surface area (Å²) < 4.78 is 11.2. The van der Waals surface area contributed by atoms with Crippen molar-refractivity contribution in [2.75, 3.05) is 18.9 Å². The Kier molecular flexibility index (Phi) is 5.60. The van der Waals surface area contributed by atoms with Gasteiger partial charge in [-0.05, 0) is 11.8 Å². The van der Waals surface area contributed by atoms with Crippen molar-refractivity contribution in [1.82, 2.24) is 0 Å². The van der Waals surface area contributed by atoms with Gasteiger partial charge in [0, 0.05) is 12.1 Å². The Morgan fingerprint density at radius 2 is 1.50 bits per heavy atom. The number of nitrogen functional groups attached to an aromatic ring is 1. The second-order valence-corrected chi connectivity index (χ2v) is 5.64. The van der Waals surface area contributed by atoms with Gasteiger partial charge in [0.05, 0.1) is 23.9 Å². The van der Waals surface area contributed by atoms with Gasteiger partial charge in [0.1, 0.15) is 11.5 Å². The summed E-state index contributed by atoms with van der Waals surface area (Å²) >= 11 is 6.14. The molecule has 0 saturated heterocycles. The monoisotopic (exact) mass is 271 g/mol. The van der Waals surface area contributed by atoms with Crippen molar-refractivity contribution in [3.05, 3.63) is 17.2 Å². The van der Waals surface area contributed by atoms with Crippen molar-refractivity contribution >= 4 is 17.3 Å². The average Bonchev–Trinajstić information content (AvgIpc) is 2.27. The normalized spacial score (nSPS) is 11.1. The van der Waals surface area contributed by atoms with Crippen molar-refractivity contribution in [1.29, 1.82) is 0 Å². The minimum Gasteiger partial charge on any atom is -0.492 e. The molecule has 0 saturated carbocycles. The Bertz CT molecular complexity index is 354. The van der Waals surface area contributed by atoms with E-state index in [1.807, 2.05) is 0 Å². The summed E-state index contributed by atoms with van der Waals surface area (Å²) in [7, 11) is 0. The first kappa shape index (κ1) is 15.0. The van der Waals surface area contributed by atoms with Crippen LogP contribution in [0.3, 0.4) is 0 Å². The van der Waals surface area contributed by atoms with E-state index in [4.69, 9.17) is 26.8 Å². The lowest BCUT2D eigenvalue weighted by molar-refractivity contribution is 0.265. The second-order valence-electron chi connectivity index (χ2n) is 5.23. The van der Waals surface area contributed by atoms with Gasteiger partial charge in [-0.25, -0.2) is 0 Å². The van der Waals surface area contributed by atoms with E-state index in [0.29, 0.717) is 47.3 Å². The minimum atomic E-state index is 0.444. The van der Waals surface area contributed by atoms with Crippen LogP contribution in [0, 0.1) is 11.8 Å². The topological polar surface area (TPSA) is 44.5 Å². The summed E-state index contributed by atoms with van der Waals surface area (Å²) in [4.78, 5) is 0. The van der Waals surface area contributed by atoms with Gasteiger partial charge in [0.15, 0.2) is 0 Å². The van der Waals surface area contributed by atoms with E-state index in [0.717, 1.165) is 0 Å². The molecule has 102 valence electrons. The van der Waals surface area contributed by atoms with E-state index in [9.17, 15) is 0 Å². The predicted octanol–water partition coefficient (Wildman–Crippen LogP) is 3.99. The van der Waals surface area contributed by atoms with Crippen molar-refractivity contribution in [2.45, 2.75) is 27.7 Å². The van der Waals surface area contributed by atoms with Crippen LogP contribution < -0.4 is 15.2 Å². The summed E-state index contributed by atoms with van der Waals surface area (Å²) in [6, 6.07) is 3.44. The first-order valence-electron chi connectivity index (χ1n) is 6.24. The van der Waals surface area contributed by atoms with Crippen LogP contribution in [-0.2, 0) is 0 Å². The van der Waals surface area contributed by atoms with Crippen molar-refractivity contribution in [2.24, 2.45) is 11.8 Å². The van der Waals surface area contributed by atoms with Crippen molar-refractivity contribution in [3.8, 4) is 11.5 Å². The van der Waals surface area contributed by atoms with Crippen LogP contribution in [0.15, 0.2) is 12.1 Å². The fourth-order valence-corrected chi connectivity index (χ4v) is 1.51. The molecular formula is C14H22ClNO2. The lowest BCUT2D eigenvalue weighted by Crippen LogP contribution is -2.08.